The number of benzene rings is 1. The summed E-state index contributed by atoms with van der Waals surface area (Å²) in [5.74, 6) is -0.229. The molecule has 2 saturated heterocycles. The minimum atomic E-state index is -2.93. The lowest BCUT2D eigenvalue weighted by molar-refractivity contribution is -0.605. The number of aliphatic hydroxyl groups is 1. The van der Waals surface area contributed by atoms with Gasteiger partial charge >= 0.3 is 6.61 Å². The van der Waals surface area contributed by atoms with Crippen molar-refractivity contribution in [2.24, 2.45) is 0 Å². The fourth-order valence-electron chi connectivity index (χ4n) is 4.00. The third-order valence-corrected chi connectivity index (χ3v) is 6.09. The van der Waals surface area contributed by atoms with Gasteiger partial charge in [0.15, 0.2) is 12.4 Å². The van der Waals surface area contributed by atoms with Gasteiger partial charge in [0, 0.05) is 42.1 Å². The molecule has 0 amide bonds. The van der Waals surface area contributed by atoms with E-state index < -0.39 is 6.61 Å². The van der Waals surface area contributed by atoms with E-state index in [9.17, 15) is 14.0 Å². The zero-order valence-electron chi connectivity index (χ0n) is 19.1. The van der Waals surface area contributed by atoms with Gasteiger partial charge in [0.05, 0.1) is 12.2 Å². The molecule has 3 fully saturated rings. The number of pyridine rings is 2. The first kappa shape index (κ1) is 26.8. The summed E-state index contributed by atoms with van der Waals surface area (Å²) in [7, 11) is 0. The first-order chi connectivity index (χ1) is 16.5. The molecular weight excluding hydrogens is 478 g/mol. The highest BCUT2D eigenvalue weighted by atomic mass is 35.5. The van der Waals surface area contributed by atoms with Crippen LogP contribution in [-0.4, -0.2) is 35.5 Å². The third-order valence-electron chi connectivity index (χ3n) is 6.09. The van der Waals surface area contributed by atoms with Crippen molar-refractivity contribution in [2.45, 2.75) is 56.8 Å². The van der Waals surface area contributed by atoms with Crippen LogP contribution in [0.5, 0.6) is 5.75 Å². The average molecular weight is 507 g/mol. The van der Waals surface area contributed by atoms with Gasteiger partial charge in [-0.1, -0.05) is 24.3 Å². The number of alkyl halides is 2. The Morgan fingerprint density at radius 3 is 2.26 bits per heavy atom. The fraction of sp³-hybridized carbons (Fsp3) is 0.385. The Morgan fingerprint density at radius 1 is 1.06 bits per heavy atom. The molecule has 2 bridgehead atoms. The van der Waals surface area contributed by atoms with Gasteiger partial charge in [0.2, 0.25) is 0 Å². The molecule has 0 radical (unpaired) electrons. The van der Waals surface area contributed by atoms with Gasteiger partial charge in [0.25, 0.3) is 0 Å². The predicted molar refractivity (Wildman–Crippen MR) is 129 cm³/mol. The molecule has 6 rings (SSSR count). The van der Waals surface area contributed by atoms with Gasteiger partial charge in [0.1, 0.15) is 5.75 Å². The van der Waals surface area contributed by atoms with Crippen molar-refractivity contribution < 1.29 is 28.1 Å². The normalized spacial score (nSPS) is 18.3. The molecule has 4 heterocycles. The van der Waals surface area contributed by atoms with Gasteiger partial charge < -0.3 is 19.8 Å². The van der Waals surface area contributed by atoms with Crippen LogP contribution in [0.4, 0.5) is 8.78 Å². The van der Waals surface area contributed by atoms with E-state index in [4.69, 9.17) is 14.6 Å². The number of aryl methyl sites for hydroxylation is 1. The van der Waals surface area contributed by atoms with Crippen molar-refractivity contribution in [1.82, 2.24) is 4.98 Å². The molecule has 3 aromatic rings. The number of hydrogen-bond acceptors (Lipinski definition) is 5. The largest absolute Gasteiger partial charge is 0.619 e. The highest BCUT2D eigenvalue weighted by molar-refractivity contribution is 5.85. The molecule has 2 aliphatic heterocycles. The lowest BCUT2D eigenvalue weighted by Crippen LogP contribution is -2.52. The zero-order valence-corrected chi connectivity index (χ0v) is 19.9. The number of nitrogens with zero attached hydrogens (tertiary/aromatic N) is 2. The predicted octanol–water partition coefficient (Wildman–Crippen LogP) is 4.59. The summed E-state index contributed by atoms with van der Waals surface area (Å²) in [6.45, 7) is -2.82. The van der Waals surface area contributed by atoms with E-state index in [2.05, 4.69) is 4.98 Å². The lowest BCUT2D eigenvalue weighted by Gasteiger charge is -2.49. The van der Waals surface area contributed by atoms with Crippen molar-refractivity contribution in [3.63, 3.8) is 0 Å². The molecule has 35 heavy (non-hydrogen) atoms. The van der Waals surface area contributed by atoms with E-state index in [1.807, 2.05) is 12.1 Å². The summed E-state index contributed by atoms with van der Waals surface area (Å²) in [5.41, 5.74) is 3.18. The lowest BCUT2D eigenvalue weighted by atomic mass is 9.84. The number of hydrogen-bond donors (Lipinski definition) is 1. The van der Waals surface area contributed by atoms with Crippen LogP contribution in [0, 0.1) is 5.21 Å². The topological polar surface area (TPSA) is 78.5 Å². The zero-order chi connectivity index (χ0) is 23.9. The Morgan fingerprint density at radius 2 is 1.71 bits per heavy atom. The van der Waals surface area contributed by atoms with Crippen molar-refractivity contribution in [3.05, 3.63) is 94.7 Å². The van der Waals surface area contributed by atoms with Crippen LogP contribution in [0.1, 0.15) is 47.6 Å². The van der Waals surface area contributed by atoms with Gasteiger partial charge in [-0.25, -0.2) is 0 Å². The molecule has 1 atom stereocenters. The van der Waals surface area contributed by atoms with Gasteiger partial charge in [-0.05, 0) is 55.4 Å². The Bertz CT molecular complexity index is 1030. The minimum absolute atomic E-state index is 0. The molecule has 1 unspecified atom stereocenters. The maximum atomic E-state index is 12.9. The molecule has 188 valence electrons. The van der Waals surface area contributed by atoms with Crippen LogP contribution < -0.4 is 9.47 Å². The number of aromatic nitrogens is 2. The highest BCUT2D eigenvalue weighted by Gasteiger charge is 2.43. The molecule has 1 aliphatic carbocycles. The number of para-hydroxylation sites is 1. The molecule has 2 aromatic heterocycles. The number of ether oxygens (including phenoxy) is 2. The van der Waals surface area contributed by atoms with Gasteiger partial charge in [-0.3, -0.25) is 4.98 Å². The van der Waals surface area contributed by atoms with E-state index in [0.717, 1.165) is 11.1 Å². The second kappa shape index (κ2) is 12.8. The smallest absolute Gasteiger partial charge is 0.387 e. The second-order valence-electron chi connectivity index (χ2n) is 8.51. The Hall–Kier alpha value is -2.81. The minimum Gasteiger partial charge on any atom is -0.619 e. The number of halogens is 3. The summed E-state index contributed by atoms with van der Waals surface area (Å²) in [6, 6.07) is 13.9. The highest BCUT2D eigenvalue weighted by Crippen LogP contribution is 2.39. The SMILES string of the molecule is C1C2CC1O2.Cl.[O-][n+]1ccc(CC(c2ccc(CCCO)cn2)c2ccccc2OC(F)F)cc1. The molecule has 6 nitrogen and oxygen atoms in total. The van der Waals surface area contributed by atoms with E-state index in [1.165, 1.54) is 31.3 Å². The van der Waals surface area contributed by atoms with E-state index in [1.54, 1.807) is 36.5 Å². The first-order valence-electron chi connectivity index (χ1n) is 11.4. The molecule has 0 spiro atoms. The second-order valence-corrected chi connectivity index (χ2v) is 8.51. The van der Waals surface area contributed by atoms with E-state index >= 15 is 0 Å². The van der Waals surface area contributed by atoms with Gasteiger partial charge in [-0.15, -0.1) is 12.4 Å². The quantitative estimate of drug-likeness (QED) is 0.339. The Labute approximate surface area is 209 Å². The van der Waals surface area contributed by atoms with Crippen molar-refractivity contribution in [2.75, 3.05) is 6.61 Å². The van der Waals surface area contributed by atoms with Crippen LogP contribution in [0.3, 0.4) is 0 Å². The fourth-order valence-corrected chi connectivity index (χ4v) is 4.00. The van der Waals surface area contributed by atoms with Crippen LogP contribution in [0.2, 0.25) is 0 Å². The summed E-state index contributed by atoms with van der Waals surface area (Å²) < 4.78 is 36.3. The van der Waals surface area contributed by atoms with Crippen molar-refractivity contribution in [3.8, 4) is 5.75 Å². The van der Waals surface area contributed by atoms with Crippen LogP contribution >= 0.6 is 12.4 Å². The Kier molecular flexibility index (Phi) is 9.77. The maximum absolute atomic E-state index is 12.9. The Balaban J connectivity index is 0.000000496. The number of rotatable bonds is 9. The van der Waals surface area contributed by atoms with Crippen LogP contribution in [0.25, 0.3) is 0 Å². The number of aliphatic hydroxyl groups excluding tert-OH is 1. The first-order valence-corrected chi connectivity index (χ1v) is 11.4. The summed E-state index contributed by atoms with van der Waals surface area (Å²) in [6.07, 6.45) is 10.5. The molecule has 1 N–H and O–H groups in total. The van der Waals surface area contributed by atoms with Crippen LogP contribution in [-0.2, 0) is 17.6 Å². The third kappa shape index (κ3) is 7.34. The van der Waals surface area contributed by atoms with Crippen molar-refractivity contribution in [1.29, 1.82) is 0 Å². The van der Waals surface area contributed by atoms with Crippen molar-refractivity contribution >= 4 is 12.4 Å². The average Bonchev–Trinajstić information content (AvgIpc) is 2.76. The molecule has 9 heteroatoms. The molecular formula is C26H29ClF2N2O4. The van der Waals surface area contributed by atoms with Crippen LogP contribution in [0.15, 0.2) is 67.1 Å². The van der Waals surface area contributed by atoms with E-state index in [0.29, 0.717) is 47.5 Å². The monoisotopic (exact) mass is 506 g/mol. The molecule has 1 saturated carbocycles. The summed E-state index contributed by atoms with van der Waals surface area (Å²) >= 11 is 0. The summed E-state index contributed by atoms with van der Waals surface area (Å²) in [4.78, 5) is 4.55. The maximum Gasteiger partial charge on any atom is 0.387 e. The van der Waals surface area contributed by atoms with E-state index in [-0.39, 0.29) is 30.7 Å². The molecule has 3 aliphatic rings. The van der Waals surface area contributed by atoms with Gasteiger partial charge in [-0.2, -0.15) is 13.5 Å². The molecule has 1 aromatic carbocycles. The standard InChI is InChI=1S/C22H22F2N2O3.C4H6O.ClH/c23-22(24)29-21-6-2-1-5-18(21)19(14-16-9-11-26(28)12-10-16)20-8-7-17(15-25-20)4-3-13-27;1-3-2-4(1)5-3;/h1-2,5-12,15,19,22,27H,3-4,13-14H2;3-4H,1-2H2;1H. The summed E-state index contributed by atoms with van der Waals surface area (Å²) in [5, 5.41) is 20.3.